The van der Waals surface area contributed by atoms with Gasteiger partial charge in [-0.3, -0.25) is 0 Å². The standard InChI is InChI=1S/C19H33B/c1-14-12-19(17-10-6-4-8-15(17)2)20(13-14)18-11-7-5-9-16(18)3/h12,15-19H,4-11,13H2,1-3H3/t15-,16+,17-,18+,19?/m0/s1. The summed E-state index contributed by atoms with van der Waals surface area (Å²) >= 11 is 0. The van der Waals surface area contributed by atoms with Crippen LogP contribution < -0.4 is 0 Å². The lowest BCUT2D eigenvalue weighted by atomic mass is 9.28. The lowest BCUT2D eigenvalue weighted by Crippen LogP contribution is -2.35. The zero-order valence-corrected chi connectivity index (χ0v) is 13.9. The molecule has 0 nitrogen and oxygen atoms in total. The molecule has 1 heterocycles. The summed E-state index contributed by atoms with van der Waals surface area (Å²) < 4.78 is 0. The van der Waals surface area contributed by atoms with Crippen LogP contribution in [-0.2, 0) is 0 Å². The fourth-order valence-corrected chi connectivity index (χ4v) is 5.80. The summed E-state index contributed by atoms with van der Waals surface area (Å²) in [6, 6.07) is 0. The van der Waals surface area contributed by atoms with Crippen molar-refractivity contribution in [3.05, 3.63) is 11.6 Å². The molecule has 0 aromatic carbocycles. The van der Waals surface area contributed by atoms with E-state index < -0.39 is 0 Å². The highest BCUT2D eigenvalue weighted by Crippen LogP contribution is 2.51. The van der Waals surface area contributed by atoms with Gasteiger partial charge in [-0.15, -0.1) is 0 Å². The Balaban J connectivity index is 1.76. The quantitative estimate of drug-likeness (QED) is 0.413. The summed E-state index contributed by atoms with van der Waals surface area (Å²) in [5.74, 6) is 4.90. The molecule has 0 N–H and O–H groups in total. The minimum atomic E-state index is 0.927. The van der Waals surface area contributed by atoms with Crippen LogP contribution in [0.5, 0.6) is 0 Å². The average Bonchev–Trinajstić information content (AvgIpc) is 2.81. The van der Waals surface area contributed by atoms with Gasteiger partial charge in [0.2, 0.25) is 0 Å². The molecule has 0 radical (unpaired) electrons. The molecule has 1 aliphatic heterocycles. The number of hydrogen-bond acceptors (Lipinski definition) is 0. The van der Waals surface area contributed by atoms with Crippen molar-refractivity contribution in [3.63, 3.8) is 0 Å². The highest BCUT2D eigenvalue weighted by Gasteiger charge is 2.43. The van der Waals surface area contributed by atoms with Crippen molar-refractivity contribution < 1.29 is 0 Å². The molecule has 0 amide bonds. The maximum absolute atomic E-state index is 2.71. The molecule has 3 rings (SSSR count). The molecule has 1 heteroatoms. The predicted octanol–water partition coefficient (Wildman–Crippen LogP) is 6.22. The second-order valence-corrected chi connectivity index (χ2v) is 8.31. The molecular formula is C19H33B. The van der Waals surface area contributed by atoms with E-state index in [2.05, 4.69) is 26.8 Å². The summed E-state index contributed by atoms with van der Waals surface area (Å²) in [5.41, 5.74) is 1.70. The first kappa shape index (κ1) is 14.7. The topological polar surface area (TPSA) is 0 Å². The summed E-state index contributed by atoms with van der Waals surface area (Å²) in [5, 5.41) is 0. The highest BCUT2D eigenvalue weighted by molar-refractivity contribution is 6.64. The van der Waals surface area contributed by atoms with E-state index in [4.69, 9.17) is 0 Å². The van der Waals surface area contributed by atoms with E-state index >= 15 is 0 Å². The molecule has 0 bridgehead atoms. The Hall–Kier alpha value is -0.195. The van der Waals surface area contributed by atoms with Crippen molar-refractivity contribution in [1.82, 2.24) is 0 Å². The van der Waals surface area contributed by atoms with Crippen molar-refractivity contribution in [2.45, 2.75) is 90.1 Å². The van der Waals surface area contributed by atoms with Gasteiger partial charge in [-0.05, 0) is 30.5 Å². The van der Waals surface area contributed by atoms with Gasteiger partial charge >= 0.3 is 0 Å². The van der Waals surface area contributed by atoms with Crippen LogP contribution in [0.15, 0.2) is 11.6 Å². The van der Waals surface area contributed by atoms with Gasteiger partial charge in [0, 0.05) is 0 Å². The maximum atomic E-state index is 2.71. The summed E-state index contributed by atoms with van der Waals surface area (Å²) in [4.78, 5) is 0. The van der Waals surface area contributed by atoms with E-state index in [1.807, 2.05) is 0 Å². The second-order valence-electron chi connectivity index (χ2n) is 8.31. The zero-order chi connectivity index (χ0) is 14.1. The Morgan fingerprint density at radius 2 is 1.55 bits per heavy atom. The van der Waals surface area contributed by atoms with Gasteiger partial charge in [0.1, 0.15) is 0 Å². The third kappa shape index (κ3) is 2.88. The smallest absolute Gasteiger partial charge is 0.0901 e. The van der Waals surface area contributed by atoms with Crippen LogP contribution in [0.1, 0.15) is 72.1 Å². The Morgan fingerprint density at radius 1 is 0.900 bits per heavy atom. The second kappa shape index (κ2) is 6.28. The molecule has 5 atom stereocenters. The van der Waals surface area contributed by atoms with Gasteiger partial charge in [-0.25, -0.2) is 0 Å². The van der Waals surface area contributed by atoms with Crippen LogP contribution in [0, 0.1) is 17.8 Å². The van der Waals surface area contributed by atoms with Gasteiger partial charge in [-0.1, -0.05) is 89.0 Å². The minimum absolute atomic E-state index is 0.927. The van der Waals surface area contributed by atoms with Crippen molar-refractivity contribution in [3.8, 4) is 0 Å². The molecule has 0 aromatic heterocycles. The highest BCUT2D eigenvalue weighted by atomic mass is 14.3. The van der Waals surface area contributed by atoms with E-state index in [-0.39, 0.29) is 0 Å². The number of hydrogen-bond donors (Lipinski definition) is 0. The van der Waals surface area contributed by atoms with Crippen molar-refractivity contribution in [1.29, 1.82) is 0 Å². The zero-order valence-electron chi connectivity index (χ0n) is 13.9. The molecule has 112 valence electrons. The van der Waals surface area contributed by atoms with Crippen LogP contribution in [0.2, 0.25) is 18.0 Å². The number of rotatable bonds is 2. The lowest BCUT2D eigenvalue weighted by Gasteiger charge is -2.40. The van der Waals surface area contributed by atoms with Crippen molar-refractivity contribution in [2.75, 3.05) is 0 Å². The fraction of sp³-hybridized carbons (Fsp3) is 0.895. The molecule has 2 fully saturated rings. The van der Waals surface area contributed by atoms with Crippen LogP contribution in [0.25, 0.3) is 0 Å². The molecule has 20 heavy (non-hydrogen) atoms. The van der Waals surface area contributed by atoms with Gasteiger partial charge in [-0.2, -0.15) is 0 Å². The molecule has 0 spiro atoms. The van der Waals surface area contributed by atoms with Crippen molar-refractivity contribution >= 4 is 6.71 Å². The molecule has 2 saturated carbocycles. The Bertz CT molecular complexity index is 359. The van der Waals surface area contributed by atoms with Gasteiger partial charge < -0.3 is 0 Å². The molecule has 1 unspecified atom stereocenters. The molecule has 0 aromatic rings. The van der Waals surface area contributed by atoms with E-state index in [0.717, 1.165) is 36.1 Å². The van der Waals surface area contributed by atoms with Crippen LogP contribution >= 0.6 is 0 Å². The van der Waals surface area contributed by atoms with Crippen LogP contribution in [0.4, 0.5) is 0 Å². The first-order chi connectivity index (χ1) is 9.66. The number of allylic oxidation sites excluding steroid dienone is 2. The van der Waals surface area contributed by atoms with E-state index in [0.29, 0.717) is 0 Å². The monoisotopic (exact) mass is 272 g/mol. The first-order valence-corrected chi connectivity index (χ1v) is 9.34. The largest absolute Gasteiger partial charge is 0.155 e. The Kier molecular flexibility index (Phi) is 4.63. The van der Waals surface area contributed by atoms with Gasteiger partial charge in [0.15, 0.2) is 6.71 Å². The van der Waals surface area contributed by atoms with E-state index in [9.17, 15) is 0 Å². The van der Waals surface area contributed by atoms with Gasteiger partial charge in [0.05, 0.1) is 0 Å². The first-order valence-electron chi connectivity index (χ1n) is 9.34. The SMILES string of the molecule is CC1=CC([C@H]2CCCC[C@@H]2C)B([C@@H]2CCCC[C@H]2C)C1. The Morgan fingerprint density at radius 3 is 2.25 bits per heavy atom. The van der Waals surface area contributed by atoms with E-state index in [1.54, 1.807) is 5.57 Å². The van der Waals surface area contributed by atoms with Crippen LogP contribution in [-0.4, -0.2) is 6.71 Å². The van der Waals surface area contributed by atoms with E-state index in [1.165, 1.54) is 57.7 Å². The Labute approximate surface area is 126 Å². The fourth-order valence-electron chi connectivity index (χ4n) is 5.80. The van der Waals surface area contributed by atoms with Crippen LogP contribution in [0.3, 0.4) is 0 Å². The predicted molar refractivity (Wildman–Crippen MR) is 90.6 cm³/mol. The van der Waals surface area contributed by atoms with Gasteiger partial charge in [0.25, 0.3) is 0 Å². The minimum Gasteiger partial charge on any atom is -0.0901 e. The molecular weight excluding hydrogens is 239 g/mol. The normalized spacial score (nSPS) is 42.6. The third-order valence-corrected chi connectivity index (χ3v) is 6.93. The lowest BCUT2D eigenvalue weighted by molar-refractivity contribution is 0.254. The molecule has 2 aliphatic carbocycles. The third-order valence-electron chi connectivity index (χ3n) is 6.93. The summed E-state index contributed by atoms with van der Waals surface area (Å²) in [7, 11) is 0. The molecule has 0 saturated heterocycles. The molecule has 3 aliphatic rings. The van der Waals surface area contributed by atoms with Crippen molar-refractivity contribution in [2.24, 2.45) is 17.8 Å². The summed E-state index contributed by atoms with van der Waals surface area (Å²) in [6.07, 6.45) is 16.1. The average molecular weight is 272 g/mol. The summed E-state index contributed by atoms with van der Waals surface area (Å²) in [6.45, 7) is 8.47. The maximum Gasteiger partial charge on any atom is 0.155 e.